The zero-order valence-corrected chi connectivity index (χ0v) is 29.2. The summed E-state index contributed by atoms with van der Waals surface area (Å²) in [4.78, 5) is 35.7. The maximum Gasteiger partial charge on any atom is 0.298 e. The Morgan fingerprint density at radius 2 is 1.96 bits per heavy atom. The van der Waals surface area contributed by atoms with E-state index in [1.165, 1.54) is 6.33 Å². The number of ether oxygens (including phenoxy) is 3. The van der Waals surface area contributed by atoms with Crippen LogP contribution in [0.1, 0.15) is 70.7 Å². The number of methoxy groups -OCH3 is 1. The highest BCUT2D eigenvalue weighted by atomic mass is 19.1. The molecule has 4 rings (SSSR count). The number of benzene rings is 1. The molecule has 266 valence electrons. The number of nitrogens with one attached hydrogen (secondary N) is 1. The molecule has 0 aliphatic carbocycles. The second-order valence-electron chi connectivity index (χ2n) is 13.5. The third-order valence-corrected chi connectivity index (χ3v) is 9.34. The molecule has 0 bridgehead atoms. The van der Waals surface area contributed by atoms with Gasteiger partial charge in [-0.15, -0.1) is 10.2 Å². The van der Waals surface area contributed by atoms with Crippen LogP contribution in [0, 0.1) is 17.2 Å². The van der Waals surface area contributed by atoms with Crippen LogP contribution in [0.2, 0.25) is 0 Å². The van der Waals surface area contributed by atoms with E-state index in [-0.39, 0.29) is 40.9 Å². The molecule has 0 saturated carbocycles. The van der Waals surface area contributed by atoms with E-state index in [9.17, 15) is 19.1 Å². The van der Waals surface area contributed by atoms with Gasteiger partial charge < -0.3 is 34.4 Å². The molecule has 2 saturated heterocycles. The monoisotopic (exact) mass is 673 g/mol. The number of carbonyl (C=O) groups excluding carboxylic acids is 2. The van der Waals surface area contributed by atoms with Crippen molar-refractivity contribution in [3.8, 4) is 17.4 Å². The van der Waals surface area contributed by atoms with Crippen molar-refractivity contribution in [2.75, 3.05) is 64.4 Å². The Balaban J connectivity index is 1.43. The van der Waals surface area contributed by atoms with Crippen LogP contribution in [0.4, 0.5) is 10.2 Å². The van der Waals surface area contributed by atoms with Crippen LogP contribution in [0.15, 0.2) is 18.5 Å². The average molecular weight is 674 g/mol. The maximum atomic E-state index is 14.7. The molecule has 1 spiro atoms. The van der Waals surface area contributed by atoms with Crippen LogP contribution in [-0.2, 0) is 9.53 Å². The first kappa shape index (κ1) is 37.4. The number of aromatic nitrogens is 3. The van der Waals surface area contributed by atoms with Crippen molar-refractivity contribution in [3.63, 3.8) is 0 Å². The highest BCUT2D eigenvalue weighted by Gasteiger charge is 2.50. The Bertz CT molecular complexity index is 1360. The van der Waals surface area contributed by atoms with Crippen molar-refractivity contribution >= 4 is 18.2 Å². The fourth-order valence-electron chi connectivity index (χ4n) is 6.98. The van der Waals surface area contributed by atoms with E-state index in [0.717, 1.165) is 70.7 Å². The summed E-state index contributed by atoms with van der Waals surface area (Å²) in [7, 11) is 1.59. The van der Waals surface area contributed by atoms with Crippen molar-refractivity contribution in [2.24, 2.45) is 11.3 Å². The minimum atomic E-state index is -0.746. The molecular formula is C34H52FN7O6. The predicted octanol–water partition coefficient (Wildman–Crippen LogP) is 3.51. The number of likely N-dealkylation sites (tertiary alicyclic amines) is 1. The summed E-state index contributed by atoms with van der Waals surface area (Å²) in [5.74, 6) is -0.567. The summed E-state index contributed by atoms with van der Waals surface area (Å²) in [6.45, 7) is 16.1. The second kappa shape index (κ2) is 17.3. The summed E-state index contributed by atoms with van der Waals surface area (Å²) in [5.41, 5.74) is 0.0115. The van der Waals surface area contributed by atoms with Crippen LogP contribution < -0.4 is 19.7 Å². The van der Waals surface area contributed by atoms with E-state index in [0.29, 0.717) is 37.4 Å². The second-order valence-corrected chi connectivity index (χ2v) is 13.5. The van der Waals surface area contributed by atoms with E-state index in [1.54, 1.807) is 12.0 Å². The fourth-order valence-corrected chi connectivity index (χ4v) is 6.98. The molecular weight excluding hydrogens is 621 g/mol. The van der Waals surface area contributed by atoms with Gasteiger partial charge in [0.15, 0.2) is 17.3 Å². The molecule has 2 aromatic rings. The molecule has 48 heavy (non-hydrogen) atoms. The lowest BCUT2D eigenvalue weighted by Crippen LogP contribution is -2.62. The van der Waals surface area contributed by atoms with E-state index < -0.39 is 17.8 Å². The van der Waals surface area contributed by atoms with Gasteiger partial charge >= 0.3 is 0 Å². The molecule has 2 aliphatic heterocycles. The van der Waals surface area contributed by atoms with E-state index in [1.807, 2.05) is 20.8 Å². The topological polar surface area (TPSA) is 142 Å². The molecule has 2 N–H and O–H groups in total. The number of hydrogen-bond acceptors (Lipinski definition) is 12. The number of halogens is 1. The largest absolute Gasteiger partial charge is 0.430 e. The van der Waals surface area contributed by atoms with Gasteiger partial charge in [0.1, 0.15) is 12.1 Å². The number of aliphatic hydroxyl groups is 1. The Kier molecular flexibility index (Phi) is 13.4. The van der Waals surface area contributed by atoms with Crippen molar-refractivity contribution in [2.45, 2.75) is 78.5 Å². The van der Waals surface area contributed by atoms with Crippen molar-refractivity contribution < 1.29 is 33.3 Å². The first-order chi connectivity index (χ1) is 23.0. The molecule has 1 aromatic heterocycles. The summed E-state index contributed by atoms with van der Waals surface area (Å²) in [5, 5.41) is 21.4. The first-order valence-electron chi connectivity index (χ1n) is 17.0. The number of anilines is 1. The number of carbonyl (C=O) groups is 2. The molecule has 13 nitrogen and oxygen atoms in total. The molecule has 1 aromatic carbocycles. The number of aliphatic hydroxyl groups excluding tert-OH is 1. The van der Waals surface area contributed by atoms with Gasteiger partial charge in [-0.2, -0.15) is 0 Å². The summed E-state index contributed by atoms with van der Waals surface area (Å²) < 4.78 is 30.9. The third-order valence-electron chi connectivity index (χ3n) is 9.34. The van der Waals surface area contributed by atoms with Crippen LogP contribution in [0.5, 0.6) is 17.4 Å². The summed E-state index contributed by atoms with van der Waals surface area (Å²) >= 11 is 0. The Morgan fingerprint density at radius 1 is 1.19 bits per heavy atom. The van der Waals surface area contributed by atoms with Crippen molar-refractivity contribution in [1.29, 1.82) is 0 Å². The van der Waals surface area contributed by atoms with Gasteiger partial charge in [-0.05, 0) is 71.5 Å². The van der Waals surface area contributed by atoms with Gasteiger partial charge in [-0.25, -0.2) is 9.37 Å². The smallest absolute Gasteiger partial charge is 0.298 e. The van der Waals surface area contributed by atoms with Crippen molar-refractivity contribution in [1.82, 2.24) is 30.3 Å². The van der Waals surface area contributed by atoms with Gasteiger partial charge in [0.2, 0.25) is 0 Å². The summed E-state index contributed by atoms with van der Waals surface area (Å²) in [6, 6.07) is 2.39. The lowest BCUT2D eigenvalue weighted by atomic mass is 9.76. The van der Waals surface area contributed by atoms with Crippen LogP contribution in [-0.4, -0.2) is 120 Å². The molecule has 2 atom stereocenters. The van der Waals surface area contributed by atoms with Gasteiger partial charge in [0.25, 0.3) is 18.3 Å². The molecule has 0 unspecified atom stereocenters. The first-order valence-corrected chi connectivity index (χ1v) is 17.0. The quantitative estimate of drug-likeness (QED) is 0.166. The highest BCUT2D eigenvalue weighted by molar-refractivity contribution is 5.98. The minimum Gasteiger partial charge on any atom is -0.430 e. The molecule has 14 heteroatoms. The lowest BCUT2D eigenvalue weighted by Gasteiger charge is -2.53. The molecule has 0 radical (unpaired) electrons. The zero-order chi connectivity index (χ0) is 34.8. The molecule has 1 amide bonds. The predicted molar refractivity (Wildman–Crippen MR) is 179 cm³/mol. The zero-order valence-electron chi connectivity index (χ0n) is 29.2. The number of hydrogen-bond donors (Lipinski definition) is 2. The van der Waals surface area contributed by atoms with Gasteiger partial charge in [0, 0.05) is 63.4 Å². The Hall–Kier alpha value is -3.46. The van der Waals surface area contributed by atoms with Crippen LogP contribution in [0.25, 0.3) is 0 Å². The standard InChI is InChI=1S/C34H52FN7O6/c1-7-42(24(4)5)33(45)27-15-25(35)16-29(47-22-43)30(27)48-32-31(37-21-38-39-32)40-14-11-34(18-40)19-41(20-34)28(23(2)3)9-8-12-36-13-10-26(44)17-46-6/h15-16,21-24,26,28,36,44H,7-14,17-20H2,1-6H3/t26-,28+/m0/s1. The SMILES string of the molecule is CCN(C(=O)c1cc(F)cc(OC=O)c1Oc1nncnc1N1CCC2(C1)CN([C@H](CCCNCC[C@H](O)COC)C(C)C)C2)C(C)C. The van der Waals surface area contributed by atoms with E-state index in [2.05, 4.69) is 44.1 Å². The van der Waals surface area contributed by atoms with Gasteiger partial charge in [-0.1, -0.05) is 13.8 Å². The third kappa shape index (κ3) is 9.16. The molecule has 2 aliphatic rings. The number of nitrogens with zero attached hydrogens (tertiary/aromatic N) is 6. The van der Waals surface area contributed by atoms with E-state index >= 15 is 0 Å². The molecule has 3 heterocycles. The average Bonchev–Trinajstić information content (AvgIpc) is 3.47. The fraction of sp³-hybridized carbons (Fsp3) is 0.676. The molecule has 2 fully saturated rings. The van der Waals surface area contributed by atoms with Gasteiger partial charge in [-0.3, -0.25) is 14.5 Å². The normalized spacial score (nSPS) is 17.1. The Labute approximate surface area is 283 Å². The number of rotatable bonds is 19. The lowest BCUT2D eigenvalue weighted by molar-refractivity contribution is -0.120. The van der Waals surface area contributed by atoms with Crippen molar-refractivity contribution in [3.05, 3.63) is 29.8 Å². The maximum absolute atomic E-state index is 14.7. The van der Waals surface area contributed by atoms with Gasteiger partial charge in [0.05, 0.1) is 18.3 Å². The van der Waals surface area contributed by atoms with Crippen LogP contribution >= 0.6 is 0 Å². The van der Waals surface area contributed by atoms with E-state index in [4.69, 9.17) is 14.2 Å². The Morgan fingerprint density at radius 3 is 2.62 bits per heavy atom. The highest BCUT2D eigenvalue weighted by Crippen LogP contribution is 2.45. The minimum absolute atomic E-state index is 0.0389. The van der Waals surface area contributed by atoms with Crippen LogP contribution in [0.3, 0.4) is 0 Å². The summed E-state index contributed by atoms with van der Waals surface area (Å²) in [6.07, 6.45) is 4.71. The number of amides is 1.